The van der Waals surface area contributed by atoms with Crippen molar-refractivity contribution >= 4 is 11.3 Å². The maximum atomic E-state index is 11.6. The Morgan fingerprint density at radius 3 is 3.00 bits per heavy atom. The molecule has 2 aromatic heterocycles. The second kappa shape index (κ2) is 5.63. The van der Waals surface area contributed by atoms with Gasteiger partial charge < -0.3 is 5.73 Å². The van der Waals surface area contributed by atoms with Crippen LogP contribution in [0.4, 0.5) is 0 Å². The fourth-order valence-electron chi connectivity index (χ4n) is 1.47. The van der Waals surface area contributed by atoms with E-state index in [9.17, 15) is 4.79 Å². The van der Waals surface area contributed by atoms with Gasteiger partial charge in [0.15, 0.2) is 0 Å². The van der Waals surface area contributed by atoms with Crippen molar-refractivity contribution in [3.05, 3.63) is 50.3 Å². The van der Waals surface area contributed by atoms with Gasteiger partial charge in [-0.15, -0.1) is 11.3 Å². The lowest BCUT2D eigenvalue weighted by Gasteiger charge is -2.02. The topological polar surface area (TPSA) is 60.9 Å². The highest BCUT2D eigenvalue weighted by atomic mass is 32.1. The van der Waals surface area contributed by atoms with Crippen molar-refractivity contribution in [2.75, 3.05) is 6.54 Å². The minimum absolute atomic E-state index is 0.224. The summed E-state index contributed by atoms with van der Waals surface area (Å²) in [4.78, 5) is 17.6. The van der Waals surface area contributed by atoms with Gasteiger partial charge in [-0.1, -0.05) is 11.8 Å². The molecule has 0 amide bonds. The molecule has 2 aromatic rings. The third kappa shape index (κ3) is 3.06. The Kier molecular flexibility index (Phi) is 3.92. The molecule has 0 unspecified atom stereocenters. The molecule has 2 heterocycles. The van der Waals surface area contributed by atoms with Crippen LogP contribution >= 0.6 is 11.3 Å². The van der Waals surface area contributed by atoms with Gasteiger partial charge in [0.05, 0.1) is 18.0 Å². The van der Waals surface area contributed by atoms with Crippen molar-refractivity contribution in [1.82, 2.24) is 9.55 Å². The zero-order valence-electron chi connectivity index (χ0n) is 10.0. The Bertz CT molecular complexity index is 661. The number of hydrogen-bond acceptors (Lipinski definition) is 4. The molecule has 18 heavy (non-hydrogen) atoms. The molecule has 0 aliphatic heterocycles. The van der Waals surface area contributed by atoms with Crippen molar-refractivity contribution in [1.29, 1.82) is 0 Å². The molecular formula is C13H13N3OS. The van der Waals surface area contributed by atoms with Crippen molar-refractivity contribution in [3.63, 3.8) is 0 Å². The second-order valence-corrected chi connectivity index (χ2v) is 4.92. The van der Waals surface area contributed by atoms with Crippen LogP contribution in [0.2, 0.25) is 0 Å². The Morgan fingerprint density at radius 2 is 2.28 bits per heavy atom. The van der Waals surface area contributed by atoms with Gasteiger partial charge in [0.25, 0.3) is 0 Å². The van der Waals surface area contributed by atoms with E-state index >= 15 is 0 Å². The first-order valence-corrected chi connectivity index (χ1v) is 6.32. The number of nitrogens with two attached hydrogens (primary N) is 1. The molecule has 0 aromatic carbocycles. The van der Waals surface area contributed by atoms with Crippen LogP contribution in [0.3, 0.4) is 0 Å². The Balaban J connectivity index is 2.19. The second-order valence-electron chi connectivity index (χ2n) is 3.75. The van der Waals surface area contributed by atoms with E-state index in [4.69, 9.17) is 5.73 Å². The average molecular weight is 259 g/mol. The normalized spacial score (nSPS) is 9.89. The van der Waals surface area contributed by atoms with Gasteiger partial charge in [-0.25, -0.2) is 4.79 Å². The summed E-state index contributed by atoms with van der Waals surface area (Å²) in [6.45, 7) is 2.69. The summed E-state index contributed by atoms with van der Waals surface area (Å²) in [7, 11) is 0. The highest BCUT2D eigenvalue weighted by molar-refractivity contribution is 7.12. The first kappa shape index (κ1) is 12.6. The van der Waals surface area contributed by atoms with E-state index in [0.717, 1.165) is 15.4 Å². The largest absolute Gasteiger partial charge is 0.348 e. The van der Waals surface area contributed by atoms with Crippen LogP contribution in [0.15, 0.2) is 29.2 Å². The fourth-order valence-corrected chi connectivity index (χ4v) is 2.35. The minimum Gasteiger partial charge on any atom is -0.320 e. The molecule has 0 radical (unpaired) electrons. The van der Waals surface area contributed by atoms with E-state index < -0.39 is 0 Å². The van der Waals surface area contributed by atoms with Gasteiger partial charge >= 0.3 is 5.69 Å². The van der Waals surface area contributed by atoms with Gasteiger partial charge in [-0.05, 0) is 25.1 Å². The van der Waals surface area contributed by atoms with E-state index in [0.29, 0.717) is 13.1 Å². The number of hydrogen-bond donors (Lipinski definition) is 1. The smallest absolute Gasteiger partial charge is 0.320 e. The number of thiophene rings is 1. The fraction of sp³-hybridized carbons (Fsp3) is 0.231. The van der Waals surface area contributed by atoms with Crippen LogP contribution in [0.5, 0.6) is 0 Å². The average Bonchev–Trinajstić information content (AvgIpc) is 2.78. The van der Waals surface area contributed by atoms with Crippen molar-refractivity contribution in [3.8, 4) is 11.8 Å². The first-order chi connectivity index (χ1) is 8.69. The molecule has 0 saturated carbocycles. The third-order valence-electron chi connectivity index (χ3n) is 2.31. The zero-order valence-corrected chi connectivity index (χ0v) is 10.8. The first-order valence-electron chi connectivity index (χ1n) is 5.51. The monoisotopic (exact) mass is 259 g/mol. The van der Waals surface area contributed by atoms with Crippen molar-refractivity contribution in [2.24, 2.45) is 5.73 Å². The van der Waals surface area contributed by atoms with E-state index in [1.165, 1.54) is 0 Å². The molecule has 5 heteroatoms. The maximum Gasteiger partial charge on any atom is 0.348 e. The summed E-state index contributed by atoms with van der Waals surface area (Å²) >= 11 is 1.56. The Hall–Kier alpha value is -1.90. The van der Waals surface area contributed by atoms with E-state index in [1.807, 2.05) is 18.2 Å². The quantitative estimate of drug-likeness (QED) is 0.818. The molecule has 4 nitrogen and oxygen atoms in total. The number of aromatic nitrogens is 2. The van der Waals surface area contributed by atoms with Crippen molar-refractivity contribution in [2.45, 2.75) is 13.5 Å². The summed E-state index contributed by atoms with van der Waals surface area (Å²) in [6.07, 6.45) is 1.76. The van der Waals surface area contributed by atoms with Crippen LogP contribution in [-0.2, 0) is 6.54 Å². The zero-order chi connectivity index (χ0) is 13.0. The summed E-state index contributed by atoms with van der Waals surface area (Å²) < 4.78 is 1.58. The maximum absolute atomic E-state index is 11.6. The molecule has 0 aliphatic rings. The van der Waals surface area contributed by atoms with Crippen LogP contribution in [0, 0.1) is 18.8 Å². The summed E-state index contributed by atoms with van der Waals surface area (Å²) in [5.41, 5.74) is 5.83. The lowest BCUT2D eigenvalue weighted by atomic mass is 10.4. The molecular weight excluding hydrogens is 246 g/mol. The SMILES string of the molecule is Cc1ccn(Cc2ccc(C#CCN)s2)c(=O)n1. The number of nitrogens with zero attached hydrogens (tertiary/aromatic N) is 2. The van der Waals surface area contributed by atoms with Gasteiger partial charge in [0.1, 0.15) is 0 Å². The highest BCUT2D eigenvalue weighted by Gasteiger charge is 2.02. The van der Waals surface area contributed by atoms with E-state index in [1.54, 1.807) is 29.0 Å². The van der Waals surface area contributed by atoms with Gasteiger partial charge in [0, 0.05) is 16.8 Å². The van der Waals surface area contributed by atoms with Crippen LogP contribution in [0.1, 0.15) is 15.4 Å². The number of aryl methyl sites for hydroxylation is 1. The van der Waals surface area contributed by atoms with Crippen LogP contribution in [0.25, 0.3) is 0 Å². The number of rotatable bonds is 2. The Labute approximate surface area is 109 Å². The molecule has 92 valence electrons. The molecule has 0 atom stereocenters. The summed E-state index contributed by atoms with van der Waals surface area (Å²) in [5, 5.41) is 0. The molecule has 0 bridgehead atoms. The lowest BCUT2D eigenvalue weighted by Crippen LogP contribution is -2.22. The minimum atomic E-state index is -0.224. The predicted molar refractivity (Wildman–Crippen MR) is 72.6 cm³/mol. The highest BCUT2D eigenvalue weighted by Crippen LogP contribution is 2.15. The van der Waals surface area contributed by atoms with Crippen LogP contribution in [-0.4, -0.2) is 16.1 Å². The molecule has 2 rings (SSSR count). The lowest BCUT2D eigenvalue weighted by molar-refractivity contribution is 0.729. The molecule has 0 fully saturated rings. The molecule has 0 saturated heterocycles. The van der Waals surface area contributed by atoms with E-state index in [-0.39, 0.29) is 5.69 Å². The van der Waals surface area contributed by atoms with Crippen molar-refractivity contribution < 1.29 is 0 Å². The molecule has 0 spiro atoms. The third-order valence-corrected chi connectivity index (χ3v) is 3.30. The summed E-state index contributed by atoms with van der Waals surface area (Å²) in [6, 6.07) is 5.73. The van der Waals surface area contributed by atoms with Gasteiger partial charge in [-0.2, -0.15) is 4.98 Å². The summed E-state index contributed by atoms with van der Waals surface area (Å²) in [5.74, 6) is 5.78. The molecule has 0 aliphatic carbocycles. The van der Waals surface area contributed by atoms with E-state index in [2.05, 4.69) is 16.8 Å². The predicted octanol–water partition coefficient (Wildman–Crippen LogP) is 0.972. The molecule has 2 N–H and O–H groups in total. The Morgan fingerprint density at radius 1 is 1.44 bits per heavy atom. The van der Waals surface area contributed by atoms with Gasteiger partial charge in [-0.3, -0.25) is 4.57 Å². The van der Waals surface area contributed by atoms with Gasteiger partial charge in [0.2, 0.25) is 0 Å². The standard InChI is InChI=1S/C13H13N3OS/c1-10-6-8-16(13(17)15-10)9-12-5-4-11(18-12)3-2-7-14/h4-6,8H,7,9,14H2,1H3. The van der Waals surface area contributed by atoms with Crippen LogP contribution < -0.4 is 11.4 Å².